The molecule has 3 aliphatic heterocycles. The predicted octanol–water partition coefficient (Wildman–Crippen LogP) is 0.766. The Hall–Kier alpha value is -0.850. The molecule has 4 aliphatic rings. The van der Waals surface area contributed by atoms with Crippen molar-refractivity contribution in [2.24, 2.45) is 11.8 Å². The summed E-state index contributed by atoms with van der Waals surface area (Å²) in [6.07, 6.45) is 8.90. The molecule has 0 spiro atoms. The second kappa shape index (κ2) is 14.7. The smallest absolute Gasteiger partial charge is 0.239 e. The third kappa shape index (κ3) is 8.57. The molecule has 9 atom stereocenters. The van der Waals surface area contributed by atoms with E-state index in [-0.39, 0.29) is 30.5 Å². The van der Waals surface area contributed by atoms with E-state index in [0.717, 1.165) is 77.7 Å². The van der Waals surface area contributed by atoms with Gasteiger partial charge in [-0.2, -0.15) is 0 Å². The number of carbonyl (C=O) groups is 1. The number of carbonyl (C=O) groups excluding carboxylic acids is 1. The molecule has 38 heavy (non-hydrogen) atoms. The molecule has 3 heterocycles. The summed E-state index contributed by atoms with van der Waals surface area (Å²) in [7, 11) is 4.22. The summed E-state index contributed by atoms with van der Waals surface area (Å²) >= 11 is 0. The Morgan fingerprint density at radius 3 is 2.66 bits per heavy atom. The van der Waals surface area contributed by atoms with Crippen molar-refractivity contribution in [3.8, 4) is 0 Å². The second-order valence-corrected chi connectivity index (χ2v) is 12.5. The predicted molar refractivity (Wildman–Crippen MR) is 152 cm³/mol. The van der Waals surface area contributed by atoms with E-state index in [1.165, 1.54) is 6.42 Å². The zero-order valence-corrected chi connectivity index (χ0v) is 24.6. The van der Waals surface area contributed by atoms with E-state index in [9.17, 15) is 4.79 Å². The number of nitrogens with zero attached hydrogens (tertiary/aromatic N) is 2. The Bertz CT molecular complexity index is 719. The lowest BCUT2D eigenvalue weighted by molar-refractivity contribution is -0.127. The van der Waals surface area contributed by atoms with Gasteiger partial charge in [-0.3, -0.25) is 31.5 Å². The van der Waals surface area contributed by atoms with Gasteiger partial charge in [0, 0.05) is 43.9 Å². The number of hydrogen-bond acceptors (Lipinski definition) is 9. The molecule has 4 rings (SSSR count). The molecular formula is C28H56N8O2. The summed E-state index contributed by atoms with van der Waals surface area (Å²) in [5.74, 6) is 1.40. The molecule has 4 fully saturated rings. The van der Waals surface area contributed by atoms with E-state index in [2.05, 4.69) is 76.8 Å². The number of hydrazine groups is 1. The molecule has 6 N–H and O–H groups in total. The van der Waals surface area contributed by atoms with Gasteiger partial charge in [0.1, 0.15) is 18.6 Å². The summed E-state index contributed by atoms with van der Waals surface area (Å²) in [4.78, 5) is 15.3. The van der Waals surface area contributed by atoms with E-state index < -0.39 is 0 Å². The highest BCUT2D eigenvalue weighted by molar-refractivity contribution is 5.82. The van der Waals surface area contributed by atoms with Gasteiger partial charge in [0.15, 0.2) is 0 Å². The highest BCUT2D eigenvalue weighted by Gasteiger charge is 2.37. The minimum absolute atomic E-state index is 0.0599. The maximum Gasteiger partial charge on any atom is 0.239 e. The van der Waals surface area contributed by atoms with Crippen LogP contribution in [-0.4, -0.2) is 105 Å². The summed E-state index contributed by atoms with van der Waals surface area (Å²) in [6.45, 7) is 11.4. The number of ether oxygens (including phenoxy) is 1. The van der Waals surface area contributed by atoms with Gasteiger partial charge in [-0.1, -0.05) is 13.8 Å². The average Bonchev–Trinajstić information content (AvgIpc) is 3.30. The van der Waals surface area contributed by atoms with Crippen molar-refractivity contribution in [1.29, 1.82) is 0 Å². The molecule has 1 aliphatic carbocycles. The minimum atomic E-state index is -0.0599. The lowest BCUT2D eigenvalue weighted by Gasteiger charge is -2.43. The molecule has 220 valence electrons. The highest BCUT2D eigenvalue weighted by atomic mass is 16.5. The number of rotatable bonds is 11. The van der Waals surface area contributed by atoms with Crippen molar-refractivity contribution < 1.29 is 9.53 Å². The van der Waals surface area contributed by atoms with Crippen LogP contribution >= 0.6 is 0 Å². The zero-order chi connectivity index (χ0) is 27.1. The van der Waals surface area contributed by atoms with Crippen molar-refractivity contribution in [3.05, 3.63) is 0 Å². The Morgan fingerprint density at radius 2 is 1.92 bits per heavy atom. The summed E-state index contributed by atoms with van der Waals surface area (Å²) < 4.78 is 6.07. The molecule has 0 radical (unpaired) electrons. The first-order valence-corrected chi connectivity index (χ1v) is 15.4. The van der Waals surface area contributed by atoms with Crippen LogP contribution in [0.15, 0.2) is 0 Å². The van der Waals surface area contributed by atoms with Crippen LogP contribution in [0.25, 0.3) is 0 Å². The van der Waals surface area contributed by atoms with Crippen LogP contribution in [0.4, 0.5) is 0 Å². The van der Waals surface area contributed by atoms with Crippen LogP contribution in [0.5, 0.6) is 0 Å². The lowest BCUT2D eigenvalue weighted by atomic mass is 9.82. The summed E-state index contributed by atoms with van der Waals surface area (Å²) in [5.41, 5.74) is 3.42. The molecule has 3 saturated heterocycles. The van der Waals surface area contributed by atoms with Crippen molar-refractivity contribution in [3.63, 3.8) is 0 Å². The van der Waals surface area contributed by atoms with Gasteiger partial charge < -0.3 is 15.0 Å². The van der Waals surface area contributed by atoms with E-state index in [1.54, 1.807) is 0 Å². The first kappa shape index (κ1) is 30.1. The number of nitrogens with one attached hydrogen (secondary N) is 6. The van der Waals surface area contributed by atoms with Crippen LogP contribution in [0.2, 0.25) is 0 Å². The summed E-state index contributed by atoms with van der Waals surface area (Å²) in [5, 5.41) is 20.6. The SMILES string of the molecule is CCN1NC(C)CC1C(=O)NC1CCC(C)C(NC2NCCC(C3CCC(OCCCN(C)C)NC3)N2)C1. The van der Waals surface area contributed by atoms with Crippen molar-refractivity contribution in [1.82, 2.24) is 41.9 Å². The fourth-order valence-corrected chi connectivity index (χ4v) is 6.81. The number of amides is 1. The average molecular weight is 537 g/mol. The van der Waals surface area contributed by atoms with Gasteiger partial charge in [-0.25, -0.2) is 5.01 Å². The van der Waals surface area contributed by atoms with E-state index in [0.29, 0.717) is 30.0 Å². The van der Waals surface area contributed by atoms with Gasteiger partial charge in [0.25, 0.3) is 0 Å². The minimum Gasteiger partial charge on any atom is -0.363 e. The first-order valence-electron chi connectivity index (χ1n) is 15.4. The van der Waals surface area contributed by atoms with Crippen LogP contribution in [0.3, 0.4) is 0 Å². The first-order chi connectivity index (χ1) is 18.3. The van der Waals surface area contributed by atoms with Gasteiger partial charge in [-0.05, 0) is 97.3 Å². The van der Waals surface area contributed by atoms with E-state index >= 15 is 0 Å². The van der Waals surface area contributed by atoms with Crippen LogP contribution < -0.4 is 32.0 Å². The molecule has 0 aromatic carbocycles. The van der Waals surface area contributed by atoms with Gasteiger partial charge >= 0.3 is 0 Å². The molecule has 10 nitrogen and oxygen atoms in total. The monoisotopic (exact) mass is 536 g/mol. The highest BCUT2D eigenvalue weighted by Crippen LogP contribution is 2.27. The van der Waals surface area contributed by atoms with Gasteiger partial charge in [0.2, 0.25) is 5.91 Å². The maximum atomic E-state index is 13.1. The quantitative estimate of drug-likeness (QED) is 0.214. The topological polar surface area (TPSA) is 105 Å². The van der Waals surface area contributed by atoms with Crippen LogP contribution in [0, 0.1) is 11.8 Å². The number of hydrogen-bond donors (Lipinski definition) is 6. The maximum absolute atomic E-state index is 13.1. The lowest BCUT2D eigenvalue weighted by Crippen LogP contribution is -2.66. The normalized spacial score (nSPS) is 38.9. The van der Waals surface area contributed by atoms with E-state index in [4.69, 9.17) is 4.74 Å². The third-order valence-corrected chi connectivity index (χ3v) is 9.14. The fourth-order valence-electron chi connectivity index (χ4n) is 6.81. The second-order valence-electron chi connectivity index (χ2n) is 12.5. The Labute approximate surface area is 231 Å². The van der Waals surface area contributed by atoms with Crippen LogP contribution in [-0.2, 0) is 9.53 Å². The third-order valence-electron chi connectivity index (χ3n) is 9.14. The van der Waals surface area contributed by atoms with Gasteiger partial charge in [-0.15, -0.1) is 0 Å². The van der Waals surface area contributed by atoms with Crippen molar-refractivity contribution in [2.75, 3.05) is 46.9 Å². The largest absolute Gasteiger partial charge is 0.363 e. The van der Waals surface area contributed by atoms with Crippen molar-refractivity contribution >= 4 is 5.91 Å². The Morgan fingerprint density at radius 1 is 1.08 bits per heavy atom. The molecule has 0 bridgehead atoms. The number of piperidine rings is 1. The molecule has 10 heteroatoms. The fraction of sp³-hybridized carbons (Fsp3) is 0.964. The standard InChI is InChI=1S/C28H56N8O2/c1-6-36-25(16-20(3)34-36)27(37)31-22-10-8-19(2)24(17-22)33-28-29-13-12-23(32-28)21-9-11-26(30-18-21)38-15-7-14-35(4)5/h19-26,28-30,32-34H,6-18H2,1-5H3,(H,31,37). The number of likely N-dealkylation sites (N-methyl/N-ethyl adjacent to an activating group) is 1. The Kier molecular flexibility index (Phi) is 11.6. The summed E-state index contributed by atoms with van der Waals surface area (Å²) in [6, 6.07) is 1.42. The molecule has 0 aromatic rings. The van der Waals surface area contributed by atoms with Crippen molar-refractivity contribution in [2.45, 2.75) is 115 Å². The van der Waals surface area contributed by atoms with Crippen LogP contribution in [0.1, 0.15) is 72.1 Å². The molecule has 1 saturated carbocycles. The molecule has 0 aromatic heterocycles. The Balaban J connectivity index is 1.19. The molecule has 1 amide bonds. The molecular weight excluding hydrogens is 480 g/mol. The molecule has 9 unspecified atom stereocenters. The van der Waals surface area contributed by atoms with Gasteiger partial charge in [0.05, 0.1) is 0 Å². The zero-order valence-electron chi connectivity index (χ0n) is 24.6. The van der Waals surface area contributed by atoms with E-state index in [1.807, 2.05) is 0 Å².